The van der Waals surface area contributed by atoms with Gasteiger partial charge < -0.3 is 16.4 Å². The summed E-state index contributed by atoms with van der Waals surface area (Å²) >= 11 is 0. The van der Waals surface area contributed by atoms with Gasteiger partial charge in [-0.3, -0.25) is 0 Å². The average molecular weight is 157 g/mol. The Bertz CT molecular complexity index is 143. The average Bonchev–Trinajstić information content (AvgIpc) is 2.35. The lowest BCUT2D eigenvalue weighted by Crippen LogP contribution is -2.47. The molecular formula is C7H15N3O. The van der Waals surface area contributed by atoms with E-state index in [0.29, 0.717) is 6.04 Å². The Labute approximate surface area is 66.5 Å². The Balaban J connectivity index is 2.28. The van der Waals surface area contributed by atoms with Crippen LogP contribution in [-0.2, 0) is 0 Å². The zero-order valence-electron chi connectivity index (χ0n) is 6.76. The first-order valence-electron chi connectivity index (χ1n) is 3.99. The van der Waals surface area contributed by atoms with Gasteiger partial charge in [-0.1, -0.05) is 0 Å². The molecule has 4 N–H and O–H groups in total. The van der Waals surface area contributed by atoms with E-state index >= 15 is 0 Å². The topological polar surface area (TPSA) is 67.1 Å². The second-order valence-corrected chi connectivity index (χ2v) is 3.00. The number of carbonyl (C=O) groups excluding carboxylic acids is 1. The van der Waals surface area contributed by atoms with E-state index in [1.54, 1.807) is 0 Å². The van der Waals surface area contributed by atoms with Crippen LogP contribution in [0.25, 0.3) is 0 Å². The normalized spacial score (nSPS) is 26.5. The molecule has 64 valence electrons. The summed E-state index contributed by atoms with van der Waals surface area (Å²) in [6, 6.07) is 0.115. The Hall–Kier alpha value is -0.770. The third-order valence-corrected chi connectivity index (χ3v) is 2.07. The van der Waals surface area contributed by atoms with Crippen molar-refractivity contribution in [2.45, 2.75) is 31.8 Å². The summed E-state index contributed by atoms with van der Waals surface area (Å²) in [6.45, 7) is 3.02. The monoisotopic (exact) mass is 157 g/mol. The molecule has 1 aliphatic rings. The predicted molar refractivity (Wildman–Crippen MR) is 43.2 cm³/mol. The molecule has 1 aliphatic heterocycles. The molecule has 0 bridgehead atoms. The van der Waals surface area contributed by atoms with Gasteiger partial charge in [-0.15, -0.1) is 0 Å². The van der Waals surface area contributed by atoms with Crippen LogP contribution in [0.2, 0.25) is 0 Å². The second-order valence-electron chi connectivity index (χ2n) is 3.00. The van der Waals surface area contributed by atoms with Crippen molar-refractivity contribution in [3.8, 4) is 0 Å². The third kappa shape index (κ3) is 2.38. The highest BCUT2D eigenvalue weighted by molar-refractivity contribution is 5.72. The molecule has 0 saturated carbocycles. The highest BCUT2D eigenvalue weighted by Crippen LogP contribution is 2.08. The first-order chi connectivity index (χ1) is 5.20. The summed E-state index contributed by atoms with van der Waals surface area (Å²) in [5, 5.41) is 5.95. The quantitative estimate of drug-likeness (QED) is 0.519. The zero-order valence-corrected chi connectivity index (χ0v) is 6.76. The molecule has 1 fully saturated rings. The highest BCUT2D eigenvalue weighted by atomic mass is 16.2. The molecule has 0 aromatic carbocycles. The van der Waals surface area contributed by atoms with Gasteiger partial charge in [0.15, 0.2) is 0 Å². The van der Waals surface area contributed by atoms with Crippen molar-refractivity contribution in [2.24, 2.45) is 5.73 Å². The van der Waals surface area contributed by atoms with Crippen LogP contribution in [0.3, 0.4) is 0 Å². The fourth-order valence-corrected chi connectivity index (χ4v) is 1.46. The smallest absolute Gasteiger partial charge is 0.312 e. The second kappa shape index (κ2) is 3.57. The number of nitrogens with two attached hydrogens (primary N) is 1. The van der Waals surface area contributed by atoms with Crippen LogP contribution in [-0.4, -0.2) is 24.7 Å². The number of hydrogen-bond acceptors (Lipinski definition) is 2. The van der Waals surface area contributed by atoms with Crippen molar-refractivity contribution in [1.29, 1.82) is 0 Å². The van der Waals surface area contributed by atoms with Crippen LogP contribution in [0.4, 0.5) is 4.79 Å². The summed E-state index contributed by atoms with van der Waals surface area (Å²) in [4.78, 5) is 10.4. The molecule has 0 aromatic heterocycles. The first kappa shape index (κ1) is 8.33. The lowest BCUT2D eigenvalue weighted by Gasteiger charge is -2.19. The van der Waals surface area contributed by atoms with E-state index < -0.39 is 6.03 Å². The first-order valence-corrected chi connectivity index (χ1v) is 3.99. The fourth-order valence-electron chi connectivity index (χ4n) is 1.46. The van der Waals surface area contributed by atoms with Crippen molar-refractivity contribution < 1.29 is 4.79 Å². The number of primary amides is 1. The molecule has 11 heavy (non-hydrogen) atoms. The summed E-state index contributed by atoms with van der Waals surface area (Å²) in [5.74, 6) is 0. The number of hydrogen-bond donors (Lipinski definition) is 3. The fraction of sp³-hybridized carbons (Fsp3) is 0.857. The minimum Gasteiger partial charge on any atom is -0.352 e. The maximum absolute atomic E-state index is 10.4. The van der Waals surface area contributed by atoms with E-state index in [1.807, 2.05) is 6.92 Å². The largest absolute Gasteiger partial charge is 0.352 e. The summed E-state index contributed by atoms with van der Waals surface area (Å²) in [5.41, 5.74) is 4.98. The molecule has 4 heteroatoms. The van der Waals surface area contributed by atoms with Gasteiger partial charge in [0.25, 0.3) is 0 Å². The molecule has 1 heterocycles. The van der Waals surface area contributed by atoms with Gasteiger partial charge in [-0.05, 0) is 26.3 Å². The van der Waals surface area contributed by atoms with Gasteiger partial charge in [0, 0.05) is 12.1 Å². The van der Waals surface area contributed by atoms with Gasteiger partial charge >= 0.3 is 6.03 Å². The number of urea groups is 1. The maximum atomic E-state index is 10.4. The van der Waals surface area contributed by atoms with E-state index in [1.165, 1.54) is 6.42 Å². The van der Waals surface area contributed by atoms with Crippen LogP contribution in [0.5, 0.6) is 0 Å². The predicted octanol–water partition coefficient (Wildman–Crippen LogP) is -0.205. The third-order valence-electron chi connectivity index (χ3n) is 2.07. The van der Waals surface area contributed by atoms with Crippen molar-refractivity contribution >= 4 is 6.03 Å². The molecule has 1 rings (SSSR count). The van der Waals surface area contributed by atoms with E-state index in [0.717, 1.165) is 13.0 Å². The van der Waals surface area contributed by atoms with Gasteiger partial charge in [-0.25, -0.2) is 4.79 Å². The Morgan fingerprint density at radius 3 is 3.00 bits per heavy atom. The van der Waals surface area contributed by atoms with Crippen LogP contribution in [0, 0.1) is 0 Å². The van der Waals surface area contributed by atoms with E-state index in [-0.39, 0.29) is 6.04 Å². The maximum Gasteiger partial charge on any atom is 0.312 e. The standard InChI is InChI=1S/C7H15N3O/c1-5(10-7(8)11)6-3-2-4-9-6/h5-6,9H,2-4H2,1H3,(H3,8,10,11). The Morgan fingerprint density at radius 1 is 1.82 bits per heavy atom. The summed E-state index contributed by atoms with van der Waals surface area (Å²) < 4.78 is 0. The lowest BCUT2D eigenvalue weighted by atomic mass is 10.1. The van der Waals surface area contributed by atoms with Crippen LogP contribution >= 0.6 is 0 Å². The minimum atomic E-state index is -0.439. The van der Waals surface area contributed by atoms with Crippen molar-refractivity contribution in [2.75, 3.05) is 6.54 Å². The number of carbonyl (C=O) groups is 1. The van der Waals surface area contributed by atoms with E-state index in [9.17, 15) is 4.79 Å². The molecular weight excluding hydrogens is 142 g/mol. The molecule has 2 atom stereocenters. The van der Waals surface area contributed by atoms with Crippen LogP contribution in [0.1, 0.15) is 19.8 Å². The van der Waals surface area contributed by atoms with Gasteiger partial charge in [0.05, 0.1) is 0 Å². The van der Waals surface area contributed by atoms with Gasteiger partial charge in [0.1, 0.15) is 0 Å². The summed E-state index contributed by atoms with van der Waals surface area (Å²) in [6.07, 6.45) is 2.32. The van der Waals surface area contributed by atoms with Crippen molar-refractivity contribution in [3.63, 3.8) is 0 Å². The molecule has 1 saturated heterocycles. The number of amides is 2. The van der Waals surface area contributed by atoms with Crippen molar-refractivity contribution in [1.82, 2.24) is 10.6 Å². The SMILES string of the molecule is CC(NC(N)=O)C1CCCN1. The number of nitrogens with one attached hydrogen (secondary N) is 2. The summed E-state index contributed by atoms with van der Waals surface area (Å²) in [7, 11) is 0. The molecule has 2 amide bonds. The number of rotatable bonds is 2. The molecule has 2 unspecified atom stereocenters. The molecule has 0 radical (unpaired) electrons. The van der Waals surface area contributed by atoms with E-state index in [4.69, 9.17) is 5.73 Å². The molecule has 4 nitrogen and oxygen atoms in total. The van der Waals surface area contributed by atoms with E-state index in [2.05, 4.69) is 10.6 Å². The minimum absolute atomic E-state index is 0.148. The molecule has 0 spiro atoms. The Morgan fingerprint density at radius 2 is 2.55 bits per heavy atom. The molecule has 0 aromatic rings. The zero-order chi connectivity index (χ0) is 8.27. The van der Waals surface area contributed by atoms with Crippen LogP contribution < -0.4 is 16.4 Å². The van der Waals surface area contributed by atoms with Gasteiger partial charge in [-0.2, -0.15) is 0 Å². The lowest BCUT2D eigenvalue weighted by molar-refractivity contribution is 0.243. The highest BCUT2D eigenvalue weighted by Gasteiger charge is 2.20. The van der Waals surface area contributed by atoms with Crippen LogP contribution in [0.15, 0.2) is 0 Å². The Kier molecular flexibility index (Phi) is 2.70. The molecule has 0 aliphatic carbocycles. The van der Waals surface area contributed by atoms with Crippen molar-refractivity contribution in [3.05, 3.63) is 0 Å². The van der Waals surface area contributed by atoms with Gasteiger partial charge in [0.2, 0.25) is 0 Å².